The van der Waals surface area contributed by atoms with Gasteiger partial charge in [-0.2, -0.15) is 0 Å². The van der Waals surface area contributed by atoms with Crippen molar-refractivity contribution in [3.8, 4) is 0 Å². The van der Waals surface area contributed by atoms with Gasteiger partial charge in [0.05, 0.1) is 12.3 Å². The van der Waals surface area contributed by atoms with Crippen molar-refractivity contribution in [2.45, 2.75) is 39.7 Å². The van der Waals surface area contributed by atoms with Gasteiger partial charge in [-0.3, -0.25) is 4.79 Å². The molecule has 2 rings (SSSR count). The molecule has 1 aliphatic rings. The van der Waals surface area contributed by atoms with Gasteiger partial charge in [-0.1, -0.05) is 13.8 Å². The van der Waals surface area contributed by atoms with E-state index in [1.165, 1.54) is 0 Å². The lowest BCUT2D eigenvalue weighted by Gasteiger charge is -2.36. The highest BCUT2D eigenvalue weighted by Gasteiger charge is 2.37. The van der Waals surface area contributed by atoms with Crippen LogP contribution in [0.3, 0.4) is 0 Å². The molecule has 106 valence electrons. The molecule has 0 radical (unpaired) electrons. The summed E-state index contributed by atoms with van der Waals surface area (Å²) in [5.74, 6) is 1.29. The third-order valence-electron chi connectivity index (χ3n) is 4.22. The zero-order valence-corrected chi connectivity index (χ0v) is 12.0. The van der Waals surface area contributed by atoms with Crippen molar-refractivity contribution >= 4 is 5.91 Å². The Bertz CT molecular complexity index is 406. The van der Waals surface area contributed by atoms with Gasteiger partial charge in [0.25, 0.3) is 0 Å². The van der Waals surface area contributed by atoms with Crippen LogP contribution < -0.4 is 10.6 Å². The number of carbonyl (C=O) groups excluding carboxylic acids is 1. The fourth-order valence-electron chi connectivity index (χ4n) is 2.64. The highest BCUT2D eigenvalue weighted by atomic mass is 16.3. The van der Waals surface area contributed by atoms with Crippen LogP contribution in [0.4, 0.5) is 0 Å². The molecule has 4 heteroatoms. The number of carbonyl (C=O) groups is 1. The van der Waals surface area contributed by atoms with Crippen molar-refractivity contribution in [3.05, 3.63) is 24.2 Å². The molecule has 1 aliphatic heterocycles. The Hall–Kier alpha value is -1.29. The number of rotatable bonds is 4. The molecule has 4 nitrogen and oxygen atoms in total. The summed E-state index contributed by atoms with van der Waals surface area (Å²) < 4.78 is 5.33. The lowest BCUT2D eigenvalue weighted by Crippen LogP contribution is -2.47. The normalized spacial score (nSPS) is 21.9. The maximum Gasteiger partial charge on any atom is 0.226 e. The molecule has 0 saturated carbocycles. The Morgan fingerprint density at radius 2 is 2.37 bits per heavy atom. The van der Waals surface area contributed by atoms with E-state index >= 15 is 0 Å². The molecule has 2 atom stereocenters. The summed E-state index contributed by atoms with van der Waals surface area (Å²) in [5, 5.41) is 6.44. The molecule has 1 aromatic rings. The summed E-state index contributed by atoms with van der Waals surface area (Å²) >= 11 is 0. The Labute approximate surface area is 114 Å². The van der Waals surface area contributed by atoms with Crippen LogP contribution in [0.25, 0.3) is 0 Å². The van der Waals surface area contributed by atoms with Crippen molar-refractivity contribution < 1.29 is 9.21 Å². The number of furan rings is 1. The summed E-state index contributed by atoms with van der Waals surface area (Å²) in [7, 11) is 0. The molecule has 2 heterocycles. The standard InChI is InChI=1S/C15H24N2O2/c1-11(13-7-5-9-19-13)17-14(18)15(2,3)12-6-4-8-16-10-12/h5,7,9,11-12,16H,4,6,8,10H2,1-3H3,(H,17,18). The number of hydrogen-bond acceptors (Lipinski definition) is 3. The molecule has 0 aliphatic carbocycles. The van der Waals surface area contributed by atoms with Gasteiger partial charge < -0.3 is 15.1 Å². The number of nitrogens with one attached hydrogen (secondary N) is 2. The number of piperidine rings is 1. The third-order valence-corrected chi connectivity index (χ3v) is 4.22. The Morgan fingerprint density at radius 3 is 2.95 bits per heavy atom. The van der Waals surface area contributed by atoms with E-state index in [0.29, 0.717) is 5.92 Å². The molecule has 0 bridgehead atoms. The van der Waals surface area contributed by atoms with Gasteiger partial charge in [0.15, 0.2) is 0 Å². The Morgan fingerprint density at radius 1 is 1.58 bits per heavy atom. The molecule has 2 unspecified atom stereocenters. The molecule has 1 amide bonds. The second kappa shape index (κ2) is 5.78. The summed E-state index contributed by atoms with van der Waals surface area (Å²) in [5.41, 5.74) is -0.353. The highest BCUT2D eigenvalue weighted by Crippen LogP contribution is 2.32. The van der Waals surface area contributed by atoms with E-state index in [9.17, 15) is 4.79 Å². The molecule has 1 saturated heterocycles. The molecule has 0 aromatic carbocycles. The van der Waals surface area contributed by atoms with E-state index in [-0.39, 0.29) is 17.4 Å². The molecular weight excluding hydrogens is 240 g/mol. The van der Waals surface area contributed by atoms with Crippen LogP contribution >= 0.6 is 0 Å². The minimum absolute atomic E-state index is 0.0849. The van der Waals surface area contributed by atoms with Gasteiger partial charge in [0, 0.05) is 5.41 Å². The average Bonchev–Trinajstić information content (AvgIpc) is 2.93. The van der Waals surface area contributed by atoms with Crippen LogP contribution in [0.5, 0.6) is 0 Å². The summed E-state index contributed by atoms with van der Waals surface area (Å²) in [6, 6.07) is 3.65. The predicted octanol–water partition coefficient (Wildman–Crippen LogP) is 2.48. The minimum atomic E-state index is -0.353. The Balaban J connectivity index is 1.97. The third kappa shape index (κ3) is 3.18. The highest BCUT2D eigenvalue weighted by molar-refractivity contribution is 5.82. The van der Waals surface area contributed by atoms with Gasteiger partial charge in [0.1, 0.15) is 5.76 Å². The lowest BCUT2D eigenvalue weighted by molar-refractivity contribution is -0.133. The van der Waals surface area contributed by atoms with Crippen molar-refractivity contribution in [2.75, 3.05) is 13.1 Å². The summed E-state index contributed by atoms with van der Waals surface area (Å²) in [6.07, 6.45) is 3.89. The van der Waals surface area contributed by atoms with E-state index in [1.54, 1.807) is 6.26 Å². The monoisotopic (exact) mass is 264 g/mol. The van der Waals surface area contributed by atoms with E-state index in [1.807, 2.05) is 32.9 Å². The van der Waals surface area contributed by atoms with Gasteiger partial charge >= 0.3 is 0 Å². The van der Waals surface area contributed by atoms with E-state index in [2.05, 4.69) is 10.6 Å². The van der Waals surface area contributed by atoms with Crippen LogP contribution in [-0.2, 0) is 4.79 Å². The molecule has 1 fully saturated rings. The first-order chi connectivity index (χ1) is 9.01. The van der Waals surface area contributed by atoms with Gasteiger partial charge in [-0.15, -0.1) is 0 Å². The second-order valence-corrected chi connectivity index (χ2v) is 5.98. The van der Waals surface area contributed by atoms with Gasteiger partial charge in [-0.05, 0) is 50.9 Å². The SMILES string of the molecule is CC(NC(=O)C(C)(C)C1CCCNC1)c1ccco1. The van der Waals surface area contributed by atoms with Crippen molar-refractivity contribution in [1.29, 1.82) is 0 Å². The van der Waals surface area contributed by atoms with E-state index in [4.69, 9.17) is 4.42 Å². The van der Waals surface area contributed by atoms with Gasteiger partial charge in [-0.25, -0.2) is 0 Å². The van der Waals surface area contributed by atoms with Crippen molar-refractivity contribution in [3.63, 3.8) is 0 Å². The van der Waals surface area contributed by atoms with Crippen LogP contribution in [0, 0.1) is 11.3 Å². The largest absolute Gasteiger partial charge is 0.467 e. The predicted molar refractivity (Wildman–Crippen MR) is 74.6 cm³/mol. The summed E-state index contributed by atoms with van der Waals surface area (Å²) in [6.45, 7) is 8.02. The van der Waals surface area contributed by atoms with E-state index < -0.39 is 0 Å². The first-order valence-electron chi connectivity index (χ1n) is 7.07. The number of hydrogen-bond donors (Lipinski definition) is 2. The average molecular weight is 264 g/mol. The molecule has 0 spiro atoms. The zero-order valence-electron chi connectivity index (χ0n) is 12.0. The first kappa shape index (κ1) is 14.1. The van der Waals surface area contributed by atoms with Gasteiger partial charge in [0.2, 0.25) is 5.91 Å². The molecule has 19 heavy (non-hydrogen) atoms. The van der Waals surface area contributed by atoms with E-state index in [0.717, 1.165) is 31.7 Å². The van der Waals surface area contributed by atoms with Crippen molar-refractivity contribution in [2.24, 2.45) is 11.3 Å². The Kier molecular flexibility index (Phi) is 4.30. The fraction of sp³-hybridized carbons (Fsp3) is 0.667. The van der Waals surface area contributed by atoms with Crippen LogP contribution in [0.1, 0.15) is 45.4 Å². The lowest BCUT2D eigenvalue weighted by atomic mass is 9.74. The van der Waals surface area contributed by atoms with Crippen LogP contribution in [0.2, 0.25) is 0 Å². The zero-order chi connectivity index (χ0) is 13.9. The summed E-state index contributed by atoms with van der Waals surface area (Å²) in [4.78, 5) is 12.5. The quantitative estimate of drug-likeness (QED) is 0.878. The maximum absolute atomic E-state index is 12.5. The topological polar surface area (TPSA) is 54.3 Å². The smallest absolute Gasteiger partial charge is 0.226 e. The minimum Gasteiger partial charge on any atom is -0.467 e. The van der Waals surface area contributed by atoms with Crippen molar-refractivity contribution in [1.82, 2.24) is 10.6 Å². The van der Waals surface area contributed by atoms with Crippen LogP contribution in [-0.4, -0.2) is 19.0 Å². The molecular formula is C15H24N2O2. The maximum atomic E-state index is 12.5. The second-order valence-electron chi connectivity index (χ2n) is 5.98. The molecule has 2 N–H and O–H groups in total. The van der Waals surface area contributed by atoms with Crippen LogP contribution in [0.15, 0.2) is 22.8 Å². The number of amides is 1. The fourth-order valence-corrected chi connectivity index (χ4v) is 2.64. The molecule has 1 aromatic heterocycles. The first-order valence-corrected chi connectivity index (χ1v) is 7.07.